The van der Waals surface area contributed by atoms with Gasteiger partial charge in [0, 0.05) is 22.5 Å². The normalized spacial score (nSPS) is 12.3. The maximum Gasteiger partial charge on any atom is 0.208 e. The van der Waals surface area contributed by atoms with E-state index in [0.717, 1.165) is 0 Å². The van der Waals surface area contributed by atoms with Crippen LogP contribution in [-0.2, 0) is 6.42 Å². The molecule has 1 rings (SSSR count). The maximum absolute atomic E-state index is 14.0. The standard InChI is InChI=1S/C12H15ClFNO4/c1-3-19-12-8(4-5-15(17)18)11(14)10(13)6-9(12)7(2)16/h6-7,16H,3-5H2,1-2H3/t7-/m1/s1. The van der Waals surface area contributed by atoms with Gasteiger partial charge in [-0.05, 0) is 19.9 Å². The first-order chi connectivity index (χ1) is 8.88. The van der Waals surface area contributed by atoms with E-state index in [-0.39, 0.29) is 29.4 Å². The molecule has 0 spiro atoms. The summed E-state index contributed by atoms with van der Waals surface area (Å²) in [6.45, 7) is 3.02. The van der Waals surface area contributed by atoms with Crippen molar-refractivity contribution >= 4 is 11.6 Å². The molecule has 1 atom stereocenters. The summed E-state index contributed by atoms with van der Waals surface area (Å²) in [5.74, 6) is -0.599. The number of hydrogen-bond donors (Lipinski definition) is 1. The first-order valence-electron chi connectivity index (χ1n) is 5.81. The number of aliphatic hydroxyl groups excluding tert-OH is 1. The van der Waals surface area contributed by atoms with Crippen LogP contribution in [-0.4, -0.2) is 23.2 Å². The van der Waals surface area contributed by atoms with Gasteiger partial charge in [0.1, 0.15) is 11.6 Å². The highest BCUT2D eigenvalue weighted by Crippen LogP contribution is 2.35. The third-order valence-corrected chi connectivity index (χ3v) is 2.85. The van der Waals surface area contributed by atoms with Crippen molar-refractivity contribution in [3.63, 3.8) is 0 Å². The Bertz CT molecular complexity index is 479. The van der Waals surface area contributed by atoms with E-state index in [2.05, 4.69) is 0 Å². The van der Waals surface area contributed by atoms with E-state index >= 15 is 0 Å². The highest BCUT2D eigenvalue weighted by atomic mass is 35.5. The van der Waals surface area contributed by atoms with E-state index in [1.807, 2.05) is 0 Å². The highest BCUT2D eigenvalue weighted by molar-refractivity contribution is 6.31. The summed E-state index contributed by atoms with van der Waals surface area (Å²) in [5.41, 5.74) is 0.355. The van der Waals surface area contributed by atoms with E-state index in [1.165, 1.54) is 13.0 Å². The summed E-state index contributed by atoms with van der Waals surface area (Å²) in [6.07, 6.45) is -1.05. The number of ether oxygens (including phenoxy) is 1. The molecule has 0 unspecified atom stereocenters. The second-order valence-electron chi connectivity index (χ2n) is 3.98. The van der Waals surface area contributed by atoms with Crippen LogP contribution in [0.5, 0.6) is 5.75 Å². The fourth-order valence-electron chi connectivity index (χ4n) is 1.73. The molecule has 0 saturated carbocycles. The van der Waals surface area contributed by atoms with Gasteiger partial charge in [0.25, 0.3) is 0 Å². The first-order valence-corrected chi connectivity index (χ1v) is 6.19. The quantitative estimate of drug-likeness (QED) is 0.646. The molecule has 0 saturated heterocycles. The van der Waals surface area contributed by atoms with Crippen molar-refractivity contribution in [1.82, 2.24) is 0 Å². The van der Waals surface area contributed by atoms with Gasteiger partial charge in [0.05, 0.1) is 17.7 Å². The van der Waals surface area contributed by atoms with Crippen molar-refractivity contribution in [2.45, 2.75) is 26.4 Å². The number of hydrogen-bond acceptors (Lipinski definition) is 4. The molecule has 0 heterocycles. The van der Waals surface area contributed by atoms with E-state index in [0.29, 0.717) is 5.56 Å². The van der Waals surface area contributed by atoms with Crippen LogP contribution >= 0.6 is 11.6 Å². The lowest BCUT2D eigenvalue weighted by atomic mass is 10.0. The predicted octanol–water partition coefficient (Wildman–Crippen LogP) is 2.75. The zero-order chi connectivity index (χ0) is 14.6. The molecule has 106 valence electrons. The summed E-state index contributed by atoms with van der Waals surface area (Å²) in [6, 6.07) is 1.28. The molecule has 1 aromatic carbocycles. The second kappa shape index (κ2) is 6.68. The molecular weight excluding hydrogens is 277 g/mol. The third-order valence-electron chi connectivity index (χ3n) is 2.58. The van der Waals surface area contributed by atoms with E-state index < -0.39 is 23.4 Å². The predicted molar refractivity (Wildman–Crippen MR) is 68.8 cm³/mol. The van der Waals surface area contributed by atoms with Gasteiger partial charge in [-0.3, -0.25) is 10.1 Å². The van der Waals surface area contributed by atoms with Crippen molar-refractivity contribution in [2.75, 3.05) is 13.2 Å². The molecule has 0 bridgehead atoms. The third kappa shape index (κ3) is 3.78. The summed E-state index contributed by atoms with van der Waals surface area (Å²) in [4.78, 5) is 9.87. The van der Waals surface area contributed by atoms with Crippen LogP contribution in [0.1, 0.15) is 31.1 Å². The number of halogens is 2. The zero-order valence-electron chi connectivity index (χ0n) is 10.7. The number of aliphatic hydroxyl groups is 1. The van der Waals surface area contributed by atoms with Gasteiger partial charge < -0.3 is 9.84 Å². The molecule has 0 aromatic heterocycles. The van der Waals surface area contributed by atoms with Crippen LogP contribution in [0.25, 0.3) is 0 Å². The fourth-order valence-corrected chi connectivity index (χ4v) is 1.97. The second-order valence-corrected chi connectivity index (χ2v) is 4.39. The molecule has 19 heavy (non-hydrogen) atoms. The Balaban J connectivity index is 3.32. The van der Waals surface area contributed by atoms with Crippen LogP contribution in [0.4, 0.5) is 4.39 Å². The van der Waals surface area contributed by atoms with Crippen molar-refractivity contribution < 1.29 is 19.2 Å². The Labute approximate surface area is 115 Å². The van der Waals surface area contributed by atoms with E-state index in [1.54, 1.807) is 6.92 Å². The Hall–Kier alpha value is -1.40. The Morgan fingerprint density at radius 3 is 2.74 bits per heavy atom. The molecule has 0 amide bonds. The van der Waals surface area contributed by atoms with Crippen LogP contribution < -0.4 is 4.74 Å². The lowest BCUT2D eigenvalue weighted by Gasteiger charge is -2.17. The lowest BCUT2D eigenvalue weighted by molar-refractivity contribution is -0.479. The van der Waals surface area contributed by atoms with Gasteiger partial charge in [0.15, 0.2) is 0 Å². The molecule has 1 N–H and O–H groups in total. The minimum Gasteiger partial charge on any atom is -0.493 e. The van der Waals surface area contributed by atoms with E-state index in [9.17, 15) is 19.6 Å². The largest absolute Gasteiger partial charge is 0.493 e. The lowest BCUT2D eigenvalue weighted by Crippen LogP contribution is -2.11. The summed E-state index contributed by atoms with van der Waals surface area (Å²) >= 11 is 5.74. The zero-order valence-corrected chi connectivity index (χ0v) is 11.4. The molecular formula is C12H15ClFNO4. The van der Waals surface area contributed by atoms with Crippen molar-refractivity contribution in [3.8, 4) is 5.75 Å². The Morgan fingerprint density at radius 1 is 1.63 bits per heavy atom. The molecule has 0 aliphatic carbocycles. The molecule has 7 heteroatoms. The maximum atomic E-state index is 14.0. The molecule has 0 radical (unpaired) electrons. The Morgan fingerprint density at radius 2 is 2.26 bits per heavy atom. The SMILES string of the molecule is CCOc1c([C@@H](C)O)cc(Cl)c(F)c1CC[N+](=O)[O-]. The summed E-state index contributed by atoms with van der Waals surface area (Å²) < 4.78 is 19.3. The number of nitrogens with zero attached hydrogens (tertiary/aromatic N) is 1. The van der Waals surface area contributed by atoms with Crippen LogP contribution in [0.15, 0.2) is 6.07 Å². The Kier molecular flexibility index (Phi) is 5.50. The monoisotopic (exact) mass is 291 g/mol. The van der Waals surface area contributed by atoms with Gasteiger partial charge >= 0.3 is 0 Å². The summed E-state index contributed by atoms with van der Waals surface area (Å²) in [7, 11) is 0. The summed E-state index contributed by atoms with van der Waals surface area (Å²) in [5, 5.41) is 19.9. The average Bonchev–Trinajstić information content (AvgIpc) is 2.32. The minimum absolute atomic E-state index is 0.0296. The number of benzene rings is 1. The van der Waals surface area contributed by atoms with Gasteiger partial charge in [-0.1, -0.05) is 11.6 Å². The van der Waals surface area contributed by atoms with Crippen molar-refractivity contribution in [2.24, 2.45) is 0 Å². The molecule has 0 fully saturated rings. The van der Waals surface area contributed by atoms with Crippen molar-refractivity contribution in [1.29, 1.82) is 0 Å². The first kappa shape index (κ1) is 15.7. The van der Waals surface area contributed by atoms with Crippen LogP contribution in [0.2, 0.25) is 5.02 Å². The smallest absolute Gasteiger partial charge is 0.208 e. The van der Waals surface area contributed by atoms with Crippen molar-refractivity contribution in [3.05, 3.63) is 38.1 Å². The average molecular weight is 292 g/mol. The van der Waals surface area contributed by atoms with E-state index in [4.69, 9.17) is 16.3 Å². The number of nitro groups is 1. The highest BCUT2D eigenvalue weighted by Gasteiger charge is 2.22. The topological polar surface area (TPSA) is 72.6 Å². The molecule has 5 nitrogen and oxygen atoms in total. The molecule has 0 aliphatic heterocycles. The van der Waals surface area contributed by atoms with Gasteiger partial charge in [-0.25, -0.2) is 4.39 Å². The molecule has 0 aliphatic rings. The number of rotatable bonds is 6. The fraction of sp³-hybridized carbons (Fsp3) is 0.500. The minimum atomic E-state index is -0.908. The van der Waals surface area contributed by atoms with Crippen LogP contribution in [0.3, 0.4) is 0 Å². The van der Waals surface area contributed by atoms with Gasteiger partial charge in [-0.2, -0.15) is 0 Å². The molecule has 1 aromatic rings. The van der Waals surface area contributed by atoms with Crippen LogP contribution in [0, 0.1) is 15.9 Å². The van der Waals surface area contributed by atoms with Gasteiger partial charge in [-0.15, -0.1) is 0 Å². The van der Waals surface area contributed by atoms with Gasteiger partial charge in [0.2, 0.25) is 6.54 Å².